The lowest BCUT2D eigenvalue weighted by atomic mass is 10.00. The summed E-state index contributed by atoms with van der Waals surface area (Å²) >= 11 is 0. The minimum Gasteiger partial charge on any atom is -0.309 e. The molecule has 0 saturated carbocycles. The Labute approximate surface area is 333 Å². The Morgan fingerprint density at radius 1 is 0.397 bits per heavy atom. The van der Waals surface area contributed by atoms with Crippen molar-refractivity contribution in [2.75, 3.05) is 0 Å². The molecule has 4 aromatic heterocycles. The lowest BCUT2D eigenvalue weighted by molar-refractivity contribution is 0.598. The smallest absolute Gasteiger partial charge is 0.207 e. The van der Waals surface area contributed by atoms with E-state index in [-0.39, 0.29) is 0 Å². The van der Waals surface area contributed by atoms with E-state index in [1.807, 2.05) is 91.0 Å². The van der Waals surface area contributed by atoms with Crippen molar-refractivity contribution in [2.24, 2.45) is 0 Å². The fourth-order valence-electron chi connectivity index (χ4n) is 7.98. The summed E-state index contributed by atoms with van der Waals surface area (Å²) in [5.41, 5.74) is 10.7. The lowest BCUT2D eigenvalue weighted by Crippen LogP contribution is -2.01. The van der Waals surface area contributed by atoms with Gasteiger partial charge in [0.15, 0.2) is 17.5 Å². The molecule has 1 aliphatic rings. The van der Waals surface area contributed by atoms with Gasteiger partial charge in [0.05, 0.1) is 20.8 Å². The second kappa shape index (κ2) is 13.3. The molecule has 274 valence electrons. The van der Waals surface area contributed by atoms with E-state index in [4.69, 9.17) is 15.0 Å². The highest BCUT2D eigenvalue weighted by atomic mass is 32.2. The average Bonchev–Trinajstić information content (AvgIpc) is 3.74. The van der Waals surface area contributed by atoms with Crippen LogP contribution >= 0.6 is 0 Å². The predicted octanol–water partition coefficient (Wildman–Crippen LogP) is 10.9. The van der Waals surface area contributed by atoms with Gasteiger partial charge in [0, 0.05) is 45.5 Å². The molecule has 6 aromatic carbocycles. The average molecular weight is 767 g/mol. The van der Waals surface area contributed by atoms with Crippen LogP contribution in [0.5, 0.6) is 0 Å². The third kappa shape index (κ3) is 5.51. The van der Waals surface area contributed by atoms with E-state index in [9.17, 15) is 8.42 Å². The molecule has 0 fully saturated rings. The Hall–Kier alpha value is -7.62. The second-order valence-corrected chi connectivity index (χ2v) is 16.0. The molecule has 0 saturated heterocycles. The van der Waals surface area contributed by atoms with Gasteiger partial charge in [0.25, 0.3) is 0 Å². The van der Waals surface area contributed by atoms with Crippen LogP contribution in [0.2, 0.25) is 0 Å². The molecule has 11 rings (SSSR count). The van der Waals surface area contributed by atoms with Gasteiger partial charge in [-0.2, -0.15) is 0 Å². The maximum absolute atomic E-state index is 13.5. The van der Waals surface area contributed by atoms with Crippen molar-refractivity contribution >= 4 is 31.6 Å². The Morgan fingerprint density at radius 2 is 0.983 bits per heavy atom. The van der Waals surface area contributed by atoms with E-state index in [2.05, 4.69) is 81.3 Å². The van der Waals surface area contributed by atoms with Gasteiger partial charge < -0.3 is 4.57 Å². The number of rotatable bonds is 6. The van der Waals surface area contributed by atoms with E-state index < -0.39 is 9.84 Å². The molecule has 0 N–H and O–H groups in total. The topological polar surface area (TPSA) is 104 Å². The number of benzene rings is 6. The second-order valence-electron chi connectivity index (χ2n) is 14.2. The zero-order valence-corrected chi connectivity index (χ0v) is 31.5. The number of sulfone groups is 1. The van der Waals surface area contributed by atoms with Crippen LogP contribution in [0.1, 0.15) is 0 Å². The summed E-state index contributed by atoms with van der Waals surface area (Å²) in [5.74, 6) is 1.50. The standard InChI is InChI=1S/C49H30N6O2S/c56-58(57)45-17-4-2-13-38(45)39-24-22-35(30-46(39)58)33-10-9-11-36(28-33)55-43-16-3-1-12-37(43)40-29-34(23-25-44(40)55)31-18-20-32(21-19-31)47-52-48(41-14-5-7-26-50-41)54-49(53-47)42-15-6-8-27-51-42/h1-30H. The van der Waals surface area contributed by atoms with E-state index in [0.717, 1.165) is 66.4 Å². The van der Waals surface area contributed by atoms with E-state index in [1.54, 1.807) is 24.5 Å². The van der Waals surface area contributed by atoms with Gasteiger partial charge in [-0.15, -0.1) is 0 Å². The molecular formula is C49H30N6O2S. The number of hydrogen-bond acceptors (Lipinski definition) is 7. The third-order valence-corrected chi connectivity index (χ3v) is 12.6. The summed E-state index contributed by atoms with van der Waals surface area (Å²) in [6, 6.07) is 55.9. The molecular weight excluding hydrogens is 737 g/mol. The van der Waals surface area contributed by atoms with Crippen LogP contribution < -0.4 is 0 Å². The molecule has 1 aliphatic heterocycles. The molecule has 9 heteroatoms. The molecule has 0 spiro atoms. The highest BCUT2D eigenvalue weighted by Crippen LogP contribution is 2.45. The highest BCUT2D eigenvalue weighted by Gasteiger charge is 2.32. The number of pyridine rings is 2. The van der Waals surface area contributed by atoms with Crippen molar-refractivity contribution in [1.82, 2.24) is 29.5 Å². The first-order chi connectivity index (χ1) is 28.5. The predicted molar refractivity (Wildman–Crippen MR) is 228 cm³/mol. The van der Waals surface area contributed by atoms with Crippen LogP contribution in [-0.4, -0.2) is 37.9 Å². The fraction of sp³-hybridized carbons (Fsp3) is 0. The van der Waals surface area contributed by atoms with Gasteiger partial charge in [-0.1, -0.05) is 103 Å². The molecule has 0 aliphatic carbocycles. The lowest BCUT2D eigenvalue weighted by Gasteiger charge is -2.11. The van der Waals surface area contributed by atoms with Crippen molar-refractivity contribution in [3.05, 3.63) is 182 Å². The van der Waals surface area contributed by atoms with E-state index >= 15 is 0 Å². The number of fused-ring (bicyclic) bond motifs is 6. The van der Waals surface area contributed by atoms with Crippen molar-refractivity contribution in [3.8, 4) is 73.5 Å². The van der Waals surface area contributed by atoms with Gasteiger partial charge in [-0.05, 0) is 89.0 Å². The van der Waals surface area contributed by atoms with Crippen LogP contribution in [0.15, 0.2) is 192 Å². The molecule has 5 heterocycles. The van der Waals surface area contributed by atoms with Crippen molar-refractivity contribution < 1.29 is 8.42 Å². The quantitative estimate of drug-likeness (QED) is 0.166. The van der Waals surface area contributed by atoms with Crippen LogP contribution in [0.3, 0.4) is 0 Å². The first kappa shape index (κ1) is 33.7. The number of hydrogen-bond donors (Lipinski definition) is 0. The van der Waals surface area contributed by atoms with Crippen molar-refractivity contribution in [3.63, 3.8) is 0 Å². The van der Waals surface area contributed by atoms with Gasteiger partial charge >= 0.3 is 0 Å². The Bertz CT molecular complexity index is 3290. The third-order valence-electron chi connectivity index (χ3n) is 10.7. The fourth-order valence-corrected chi connectivity index (χ4v) is 9.69. The SMILES string of the molecule is O=S1(=O)c2ccccc2-c2ccc(-c3cccc(-n4c5ccccc5c5cc(-c6ccc(-c7nc(-c8ccccn8)nc(-c8ccccn8)n7)cc6)ccc54)c3)cc21. The van der Waals surface area contributed by atoms with Crippen molar-refractivity contribution in [1.29, 1.82) is 0 Å². The van der Waals surface area contributed by atoms with E-state index in [1.165, 1.54) is 0 Å². The number of aromatic nitrogens is 6. The molecule has 0 atom stereocenters. The van der Waals surface area contributed by atoms with Crippen LogP contribution in [0.4, 0.5) is 0 Å². The van der Waals surface area contributed by atoms with Crippen LogP contribution in [0.25, 0.3) is 95.3 Å². The summed E-state index contributed by atoms with van der Waals surface area (Å²) in [4.78, 5) is 24.0. The summed E-state index contributed by atoms with van der Waals surface area (Å²) < 4.78 is 29.3. The van der Waals surface area contributed by atoms with Gasteiger partial charge in [-0.25, -0.2) is 23.4 Å². The molecule has 0 radical (unpaired) electrons. The summed E-state index contributed by atoms with van der Waals surface area (Å²) in [6.07, 6.45) is 3.45. The maximum atomic E-state index is 13.5. The first-order valence-electron chi connectivity index (χ1n) is 18.8. The van der Waals surface area contributed by atoms with Crippen molar-refractivity contribution in [2.45, 2.75) is 9.79 Å². The Kier molecular flexibility index (Phi) is 7.70. The summed E-state index contributed by atoms with van der Waals surface area (Å²) in [6.45, 7) is 0. The van der Waals surface area contributed by atoms with E-state index in [0.29, 0.717) is 38.7 Å². The zero-order valence-electron chi connectivity index (χ0n) is 30.7. The Morgan fingerprint density at radius 3 is 1.74 bits per heavy atom. The zero-order chi connectivity index (χ0) is 38.8. The minimum atomic E-state index is -3.59. The molecule has 0 unspecified atom stereocenters. The number of nitrogens with zero attached hydrogens (tertiary/aromatic N) is 6. The minimum absolute atomic E-state index is 0.353. The monoisotopic (exact) mass is 766 g/mol. The largest absolute Gasteiger partial charge is 0.309 e. The van der Waals surface area contributed by atoms with Crippen LogP contribution in [0, 0.1) is 0 Å². The first-order valence-corrected chi connectivity index (χ1v) is 20.3. The van der Waals surface area contributed by atoms with Gasteiger partial charge in [0.1, 0.15) is 11.4 Å². The molecule has 0 amide bonds. The van der Waals surface area contributed by atoms with Gasteiger partial charge in [0.2, 0.25) is 9.84 Å². The maximum Gasteiger partial charge on any atom is 0.207 e. The summed E-state index contributed by atoms with van der Waals surface area (Å²) in [7, 11) is -3.59. The Balaban J connectivity index is 0.962. The molecule has 58 heavy (non-hydrogen) atoms. The summed E-state index contributed by atoms with van der Waals surface area (Å²) in [5, 5.41) is 2.26. The van der Waals surface area contributed by atoms with Gasteiger partial charge in [-0.3, -0.25) is 9.97 Å². The normalized spacial score (nSPS) is 12.8. The van der Waals surface area contributed by atoms with Crippen LogP contribution in [-0.2, 0) is 9.84 Å². The highest BCUT2D eigenvalue weighted by molar-refractivity contribution is 7.92. The molecule has 0 bridgehead atoms. The molecule has 8 nitrogen and oxygen atoms in total. The molecule has 10 aromatic rings. The number of para-hydroxylation sites is 1.